The van der Waals surface area contributed by atoms with Crippen LogP contribution >= 0.6 is 0 Å². The predicted molar refractivity (Wildman–Crippen MR) is 104 cm³/mol. The second-order valence-corrected chi connectivity index (χ2v) is 7.73. The van der Waals surface area contributed by atoms with Crippen LogP contribution in [-0.4, -0.2) is 85.2 Å². The number of benzene rings is 1. The Morgan fingerprint density at radius 1 is 1.14 bits per heavy atom. The fourth-order valence-corrected chi connectivity index (χ4v) is 4.29. The lowest BCUT2D eigenvalue weighted by Gasteiger charge is -2.38. The largest absolute Gasteiger partial charge is 0.378 e. The molecule has 3 fully saturated rings. The molecule has 0 spiro atoms. The molecule has 0 aliphatic carbocycles. The first-order valence-corrected chi connectivity index (χ1v) is 10.3. The summed E-state index contributed by atoms with van der Waals surface area (Å²) in [4.78, 5) is 41.9. The number of piperidine rings is 1. The molecule has 0 saturated carbocycles. The number of carbonyl (C=O) groups excluding carboxylic acids is 3. The Labute approximate surface area is 170 Å². The summed E-state index contributed by atoms with van der Waals surface area (Å²) in [7, 11) is 0. The van der Waals surface area contributed by atoms with Crippen molar-refractivity contribution < 1.29 is 23.9 Å². The van der Waals surface area contributed by atoms with Gasteiger partial charge >= 0.3 is 6.03 Å². The molecule has 3 amide bonds. The zero-order valence-corrected chi connectivity index (χ0v) is 16.4. The van der Waals surface area contributed by atoms with E-state index in [1.54, 1.807) is 9.80 Å². The third-order valence-corrected chi connectivity index (χ3v) is 5.80. The lowest BCUT2D eigenvalue weighted by molar-refractivity contribution is -0.142. The summed E-state index contributed by atoms with van der Waals surface area (Å²) >= 11 is 0. The molecule has 3 saturated heterocycles. The number of nitrogens with one attached hydrogen (secondary N) is 1. The molecule has 1 aromatic rings. The van der Waals surface area contributed by atoms with Crippen molar-refractivity contribution in [2.24, 2.45) is 0 Å². The maximum Gasteiger partial charge on any atom is 0.318 e. The van der Waals surface area contributed by atoms with Gasteiger partial charge in [-0.2, -0.15) is 0 Å². The molecule has 0 bridgehead atoms. The Bertz CT molecular complexity index is 750. The van der Waals surface area contributed by atoms with Crippen LogP contribution in [0.1, 0.15) is 18.4 Å². The monoisotopic (exact) mass is 401 g/mol. The van der Waals surface area contributed by atoms with E-state index in [0.717, 1.165) is 18.4 Å². The molecular formula is C21H27N3O5. The van der Waals surface area contributed by atoms with Crippen molar-refractivity contribution in [2.45, 2.75) is 37.5 Å². The number of carbonyl (C=O) groups is 3. The Kier molecular flexibility index (Phi) is 6.10. The van der Waals surface area contributed by atoms with Gasteiger partial charge in [0.15, 0.2) is 5.78 Å². The Morgan fingerprint density at radius 2 is 1.90 bits per heavy atom. The van der Waals surface area contributed by atoms with E-state index in [1.165, 1.54) is 0 Å². The number of ether oxygens (including phenoxy) is 2. The third-order valence-electron chi connectivity index (χ3n) is 5.80. The topological polar surface area (TPSA) is 88.2 Å². The van der Waals surface area contributed by atoms with Gasteiger partial charge in [-0.05, 0) is 18.4 Å². The highest BCUT2D eigenvalue weighted by Gasteiger charge is 2.45. The highest BCUT2D eigenvalue weighted by atomic mass is 16.5. The molecule has 29 heavy (non-hydrogen) atoms. The van der Waals surface area contributed by atoms with E-state index in [0.29, 0.717) is 39.3 Å². The number of amides is 3. The molecule has 4 rings (SSSR count). The molecular weight excluding hydrogens is 374 g/mol. The van der Waals surface area contributed by atoms with E-state index >= 15 is 0 Å². The zero-order chi connectivity index (χ0) is 20.2. The molecule has 1 aromatic carbocycles. The third kappa shape index (κ3) is 4.43. The van der Waals surface area contributed by atoms with Crippen LogP contribution in [0.4, 0.5) is 4.79 Å². The number of fused-ring (bicyclic) bond motifs is 1. The van der Waals surface area contributed by atoms with Gasteiger partial charge in [0.2, 0.25) is 5.91 Å². The molecule has 3 atom stereocenters. The van der Waals surface area contributed by atoms with Crippen molar-refractivity contribution in [1.29, 1.82) is 0 Å². The lowest BCUT2D eigenvalue weighted by Crippen LogP contribution is -2.60. The first-order valence-electron chi connectivity index (χ1n) is 10.3. The standard InChI is InChI=1S/C21H27N3O5/c25-17-14-29-18-7-4-8-24(19(17)18)20(26)16(13-15-5-2-1-3-6-15)22-21(27)23-9-11-28-12-10-23/h1-3,5-6,16,18-19H,4,7-14H2,(H,22,27). The highest BCUT2D eigenvalue weighted by molar-refractivity contribution is 5.94. The van der Waals surface area contributed by atoms with Crippen LogP contribution in [0.3, 0.4) is 0 Å². The molecule has 156 valence electrons. The first-order chi connectivity index (χ1) is 14.1. The number of likely N-dealkylation sites (tertiary alicyclic amines) is 1. The summed E-state index contributed by atoms with van der Waals surface area (Å²) in [5.74, 6) is -0.273. The Hall–Kier alpha value is -2.45. The van der Waals surface area contributed by atoms with Crippen LogP contribution in [0.2, 0.25) is 0 Å². The van der Waals surface area contributed by atoms with Crippen LogP contribution in [-0.2, 0) is 25.5 Å². The summed E-state index contributed by atoms with van der Waals surface area (Å²) in [6.07, 6.45) is 1.71. The van der Waals surface area contributed by atoms with Crippen molar-refractivity contribution >= 4 is 17.7 Å². The molecule has 3 unspecified atom stereocenters. The minimum absolute atomic E-state index is 0.0546. The van der Waals surface area contributed by atoms with Crippen LogP contribution in [0.25, 0.3) is 0 Å². The fourth-order valence-electron chi connectivity index (χ4n) is 4.29. The van der Waals surface area contributed by atoms with Gasteiger partial charge < -0.3 is 24.6 Å². The van der Waals surface area contributed by atoms with Crippen LogP contribution in [0.5, 0.6) is 0 Å². The SMILES string of the molecule is O=C1COC2CCCN(C(=O)C(Cc3ccccc3)NC(=O)N3CCOCC3)C12. The number of urea groups is 1. The maximum absolute atomic E-state index is 13.5. The quantitative estimate of drug-likeness (QED) is 0.798. The average Bonchev–Trinajstić information content (AvgIpc) is 3.15. The smallest absolute Gasteiger partial charge is 0.318 e. The number of Topliss-reactive ketones (excluding diaryl/α,β-unsaturated/α-hetero) is 1. The van der Waals surface area contributed by atoms with Crippen LogP contribution in [0.15, 0.2) is 30.3 Å². The van der Waals surface area contributed by atoms with Crippen LogP contribution in [0, 0.1) is 0 Å². The predicted octanol–water partition coefficient (Wildman–Crippen LogP) is 0.598. The molecule has 0 radical (unpaired) electrons. The highest BCUT2D eigenvalue weighted by Crippen LogP contribution is 2.27. The number of hydrogen-bond acceptors (Lipinski definition) is 5. The summed E-state index contributed by atoms with van der Waals surface area (Å²) in [6, 6.07) is 8.06. The van der Waals surface area contributed by atoms with E-state index < -0.39 is 12.1 Å². The molecule has 0 aromatic heterocycles. The number of nitrogens with zero attached hydrogens (tertiary/aromatic N) is 2. The maximum atomic E-state index is 13.5. The summed E-state index contributed by atoms with van der Waals surface area (Å²) in [5.41, 5.74) is 0.954. The Morgan fingerprint density at radius 3 is 2.66 bits per heavy atom. The summed E-state index contributed by atoms with van der Waals surface area (Å²) in [6.45, 7) is 2.55. The minimum Gasteiger partial charge on any atom is -0.378 e. The molecule has 3 heterocycles. The number of hydrogen-bond donors (Lipinski definition) is 1. The van der Waals surface area contributed by atoms with E-state index in [4.69, 9.17) is 9.47 Å². The first kappa shape index (κ1) is 19.8. The summed E-state index contributed by atoms with van der Waals surface area (Å²) in [5, 5.41) is 2.92. The van der Waals surface area contributed by atoms with Crippen molar-refractivity contribution in [2.75, 3.05) is 39.5 Å². The second-order valence-electron chi connectivity index (χ2n) is 7.73. The van der Waals surface area contributed by atoms with Crippen LogP contribution < -0.4 is 5.32 Å². The van der Waals surface area contributed by atoms with Gasteiger partial charge in [0.1, 0.15) is 18.7 Å². The normalized spacial score (nSPS) is 25.4. The van der Waals surface area contributed by atoms with Crippen molar-refractivity contribution in [3.05, 3.63) is 35.9 Å². The summed E-state index contributed by atoms with van der Waals surface area (Å²) < 4.78 is 10.9. The fraction of sp³-hybridized carbons (Fsp3) is 0.571. The number of rotatable bonds is 4. The van der Waals surface area contributed by atoms with Gasteiger partial charge in [-0.3, -0.25) is 9.59 Å². The van der Waals surface area contributed by atoms with Gasteiger partial charge in [0.05, 0.1) is 19.3 Å². The van der Waals surface area contributed by atoms with Crippen molar-refractivity contribution in [1.82, 2.24) is 15.1 Å². The minimum atomic E-state index is -0.736. The van der Waals surface area contributed by atoms with Gasteiger partial charge in [-0.1, -0.05) is 30.3 Å². The molecule has 1 N–H and O–H groups in total. The van der Waals surface area contributed by atoms with E-state index in [1.807, 2.05) is 30.3 Å². The molecule has 8 heteroatoms. The average molecular weight is 401 g/mol. The van der Waals surface area contributed by atoms with Crippen molar-refractivity contribution in [3.8, 4) is 0 Å². The number of morpholine rings is 1. The molecule has 3 aliphatic rings. The zero-order valence-electron chi connectivity index (χ0n) is 16.4. The van der Waals surface area contributed by atoms with Gasteiger partial charge in [-0.25, -0.2) is 4.79 Å². The van der Waals surface area contributed by atoms with E-state index in [9.17, 15) is 14.4 Å². The molecule has 3 aliphatic heterocycles. The lowest BCUT2D eigenvalue weighted by atomic mass is 9.95. The second kappa shape index (κ2) is 8.92. The van der Waals surface area contributed by atoms with E-state index in [-0.39, 0.29) is 30.4 Å². The van der Waals surface area contributed by atoms with E-state index in [2.05, 4.69) is 5.32 Å². The van der Waals surface area contributed by atoms with Crippen molar-refractivity contribution in [3.63, 3.8) is 0 Å². The van der Waals surface area contributed by atoms with Gasteiger partial charge in [-0.15, -0.1) is 0 Å². The van der Waals surface area contributed by atoms with Gasteiger partial charge in [0.25, 0.3) is 0 Å². The Balaban J connectivity index is 1.52. The van der Waals surface area contributed by atoms with Gasteiger partial charge in [0, 0.05) is 26.1 Å². The molecule has 8 nitrogen and oxygen atoms in total. The number of ketones is 1.